The Balaban J connectivity index is 2.11. The second kappa shape index (κ2) is 8.15. The van der Waals surface area contributed by atoms with E-state index in [1.54, 1.807) is 7.11 Å². The maximum atomic E-state index is 12.7. The van der Waals surface area contributed by atoms with E-state index in [-0.39, 0.29) is 12.5 Å². The number of rotatable bonds is 6. The fourth-order valence-corrected chi connectivity index (χ4v) is 3.02. The van der Waals surface area contributed by atoms with Gasteiger partial charge in [-0.1, -0.05) is 49.6 Å². The predicted octanol–water partition coefficient (Wildman–Crippen LogP) is 2.32. The SMILES string of the molecule is COCC(N)C(=O)N(Cc1ccccc1)C1CCCCC1. The van der Waals surface area contributed by atoms with Crippen LogP contribution >= 0.6 is 0 Å². The van der Waals surface area contributed by atoms with E-state index in [0.717, 1.165) is 18.4 Å². The van der Waals surface area contributed by atoms with Crippen LogP contribution in [0, 0.1) is 0 Å². The summed E-state index contributed by atoms with van der Waals surface area (Å²) in [6.45, 7) is 0.915. The molecule has 0 radical (unpaired) electrons. The van der Waals surface area contributed by atoms with E-state index in [4.69, 9.17) is 10.5 Å². The van der Waals surface area contributed by atoms with Crippen LogP contribution in [-0.2, 0) is 16.1 Å². The highest BCUT2D eigenvalue weighted by atomic mass is 16.5. The monoisotopic (exact) mass is 290 g/mol. The molecule has 0 saturated heterocycles. The predicted molar refractivity (Wildman–Crippen MR) is 83.7 cm³/mol. The van der Waals surface area contributed by atoms with E-state index in [9.17, 15) is 4.79 Å². The Morgan fingerprint density at radius 1 is 1.29 bits per heavy atom. The summed E-state index contributed by atoms with van der Waals surface area (Å²) in [6.07, 6.45) is 5.83. The first-order valence-corrected chi connectivity index (χ1v) is 7.81. The average Bonchev–Trinajstić information content (AvgIpc) is 2.54. The fraction of sp³-hybridized carbons (Fsp3) is 0.588. The van der Waals surface area contributed by atoms with Crippen molar-refractivity contribution in [3.8, 4) is 0 Å². The molecule has 1 amide bonds. The van der Waals surface area contributed by atoms with Crippen molar-refractivity contribution in [2.75, 3.05) is 13.7 Å². The maximum absolute atomic E-state index is 12.7. The van der Waals surface area contributed by atoms with Crippen LogP contribution in [0.5, 0.6) is 0 Å². The van der Waals surface area contributed by atoms with Crippen molar-refractivity contribution < 1.29 is 9.53 Å². The van der Waals surface area contributed by atoms with Gasteiger partial charge in [-0.3, -0.25) is 4.79 Å². The first-order valence-electron chi connectivity index (χ1n) is 7.81. The summed E-state index contributed by atoms with van der Waals surface area (Å²) in [6, 6.07) is 9.88. The van der Waals surface area contributed by atoms with Gasteiger partial charge < -0.3 is 15.4 Å². The first kappa shape index (κ1) is 16.0. The van der Waals surface area contributed by atoms with Crippen LogP contribution in [0.1, 0.15) is 37.7 Å². The molecule has 0 heterocycles. The molecule has 1 fully saturated rings. The van der Waals surface area contributed by atoms with Gasteiger partial charge in [0.25, 0.3) is 0 Å². The number of nitrogens with two attached hydrogens (primary N) is 1. The lowest BCUT2D eigenvalue weighted by atomic mass is 9.93. The highest BCUT2D eigenvalue weighted by Gasteiger charge is 2.28. The molecule has 1 aromatic rings. The van der Waals surface area contributed by atoms with Gasteiger partial charge in [0.2, 0.25) is 5.91 Å². The summed E-state index contributed by atoms with van der Waals surface area (Å²) in [4.78, 5) is 14.6. The minimum absolute atomic E-state index is 0.00704. The molecule has 1 unspecified atom stereocenters. The molecule has 2 N–H and O–H groups in total. The van der Waals surface area contributed by atoms with Gasteiger partial charge in [-0.15, -0.1) is 0 Å². The summed E-state index contributed by atoms with van der Waals surface area (Å²) in [5, 5.41) is 0. The molecule has 4 heteroatoms. The Kier molecular flexibility index (Phi) is 6.21. The van der Waals surface area contributed by atoms with Crippen molar-refractivity contribution in [2.24, 2.45) is 5.73 Å². The standard InChI is InChI=1S/C17H26N2O2/c1-21-13-16(18)17(20)19(15-10-6-3-7-11-15)12-14-8-4-2-5-9-14/h2,4-5,8-9,15-16H,3,6-7,10-13,18H2,1H3. The maximum Gasteiger partial charge on any atom is 0.242 e. The van der Waals surface area contributed by atoms with Crippen molar-refractivity contribution in [1.82, 2.24) is 4.90 Å². The van der Waals surface area contributed by atoms with Crippen LogP contribution in [0.15, 0.2) is 30.3 Å². The molecule has 1 aliphatic rings. The Bertz CT molecular complexity index is 430. The van der Waals surface area contributed by atoms with Crippen LogP contribution in [0.25, 0.3) is 0 Å². The van der Waals surface area contributed by atoms with Crippen LogP contribution in [-0.4, -0.2) is 36.6 Å². The molecule has 0 aliphatic heterocycles. The van der Waals surface area contributed by atoms with E-state index in [0.29, 0.717) is 12.6 Å². The second-order valence-electron chi connectivity index (χ2n) is 5.81. The van der Waals surface area contributed by atoms with Crippen LogP contribution < -0.4 is 5.73 Å². The van der Waals surface area contributed by atoms with Gasteiger partial charge in [-0.05, 0) is 18.4 Å². The van der Waals surface area contributed by atoms with E-state index in [2.05, 4.69) is 12.1 Å². The second-order valence-corrected chi connectivity index (χ2v) is 5.81. The first-order chi connectivity index (χ1) is 10.2. The summed E-state index contributed by atoms with van der Waals surface area (Å²) in [5.74, 6) is 0.00704. The number of amides is 1. The molecule has 1 atom stereocenters. The zero-order valence-electron chi connectivity index (χ0n) is 12.8. The minimum atomic E-state index is -0.569. The molecule has 0 spiro atoms. The topological polar surface area (TPSA) is 55.6 Å². The average molecular weight is 290 g/mol. The summed E-state index contributed by atoms with van der Waals surface area (Å²) >= 11 is 0. The van der Waals surface area contributed by atoms with Crippen LogP contribution in [0.2, 0.25) is 0 Å². The van der Waals surface area contributed by atoms with Gasteiger partial charge in [0.15, 0.2) is 0 Å². The Labute approximate surface area is 127 Å². The normalized spacial score (nSPS) is 17.4. The zero-order valence-corrected chi connectivity index (χ0v) is 12.8. The summed E-state index contributed by atoms with van der Waals surface area (Å²) in [5.41, 5.74) is 7.13. The Morgan fingerprint density at radius 3 is 2.57 bits per heavy atom. The van der Waals surface area contributed by atoms with Gasteiger partial charge in [-0.2, -0.15) is 0 Å². The molecular formula is C17H26N2O2. The number of hydrogen-bond acceptors (Lipinski definition) is 3. The van der Waals surface area contributed by atoms with E-state index < -0.39 is 6.04 Å². The molecule has 0 bridgehead atoms. The smallest absolute Gasteiger partial charge is 0.242 e. The zero-order chi connectivity index (χ0) is 15.1. The molecule has 116 valence electrons. The number of carbonyl (C=O) groups is 1. The quantitative estimate of drug-likeness (QED) is 0.875. The van der Waals surface area contributed by atoms with Crippen LogP contribution in [0.3, 0.4) is 0 Å². The van der Waals surface area contributed by atoms with E-state index in [1.807, 2.05) is 23.1 Å². The molecule has 1 aliphatic carbocycles. The highest BCUT2D eigenvalue weighted by molar-refractivity contribution is 5.82. The van der Waals surface area contributed by atoms with Crippen molar-refractivity contribution in [2.45, 2.75) is 50.7 Å². The number of hydrogen-bond donors (Lipinski definition) is 1. The van der Waals surface area contributed by atoms with Gasteiger partial charge >= 0.3 is 0 Å². The largest absolute Gasteiger partial charge is 0.383 e. The van der Waals surface area contributed by atoms with Crippen molar-refractivity contribution >= 4 is 5.91 Å². The van der Waals surface area contributed by atoms with Gasteiger partial charge in [0.1, 0.15) is 6.04 Å². The molecular weight excluding hydrogens is 264 g/mol. The lowest BCUT2D eigenvalue weighted by Crippen LogP contribution is -2.50. The minimum Gasteiger partial charge on any atom is -0.383 e. The highest BCUT2D eigenvalue weighted by Crippen LogP contribution is 2.24. The van der Waals surface area contributed by atoms with E-state index >= 15 is 0 Å². The van der Waals surface area contributed by atoms with Crippen LogP contribution in [0.4, 0.5) is 0 Å². The third-order valence-corrected chi connectivity index (χ3v) is 4.16. The summed E-state index contributed by atoms with van der Waals surface area (Å²) < 4.78 is 5.04. The van der Waals surface area contributed by atoms with Gasteiger partial charge in [0, 0.05) is 19.7 Å². The van der Waals surface area contributed by atoms with Crippen molar-refractivity contribution in [3.63, 3.8) is 0 Å². The lowest BCUT2D eigenvalue weighted by Gasteiger charge is -2.36. The fourth-order valence-electron chi connectivity index (χ4n) is 3.02. The van der Waals surface area contributed by atoms with Crippen molar-refractivity contribution in [3.05, 3.63) is 35.9 Å². The summed E-state index contributed by atoms with van der Waals surface area (Å²) in [7, 11) is 1.58. The Morgan fingerprint density at radius 2 is 1.95 bits per heavy atom. The molecule has 2 rings (SSSR count). The third kappa shape index (κ3) is 4.55. The lowest BCUT2D eigenvalue weighted by molar-refractivity contribution is -0.137. The Hall–Kier alpha value is -1.39. The van der Waals surface area contributed by atoms with Gasteiger partial charge in [0.05, 0.1) is 6.61 Å². The van der Waals surface area contributed by atoms with Gasteiger partial charge in [-0.25, -0.2) is 0 Å². The number of methoxy groups -OCH3 is 1. The third-order valence-electron chi connectivity index (χ3n) is 4.16. The number of carbonyl (C=O) groups excluding carboxylic acids is 1. The molecule has 4 nitrogen and oxygen atoms in total. The van der Waals surface area contributed by atoms with E-state index in [1.165, 1.54) is 19.3 Å². The molecule has 1 saturated carbocycles. The number of ether oxygens (including phenoxy) is 1. The van der Waals surface area contributed by atoms with Crippen molar-refractivity contribution in [1.29, 1.82) is 0 Å². The number of nitrogens with zero attached hydrogens (tertiary/aromatic N) is 1. The number of benzene rings is 1. The molecule has 0 aromatic heterocycles. The molecule has 21 heavy (non-hydrogen) atoms. The molecule has 1 aromatic carbocycles.